The van der Waals surface area contributed by atoms with E-state index in [-0.39, 0.29) is 12.1 Å². The summed E-state index contributed by atoms with van der Waals surface area (Å²) in [5.74, 6) is 1.55. The highest BCUT2D eigenvalue weighted by molar-refractivity contribution is 5.42. The van der Waals surface area contributed by atoms with Crippen LogP contribution in [-0.2, 0) is 4.74 Å². The van der Waals surface area contributed by atoms with Crippen molar-refractivity contribution in [3.8, 4) is 11.5 Å². The Balaban J connectivity index is 2.23. The first-order chi connectivity index (χ1) is 8.76. The van der Waals surface area contributed by atoms with Crippen LogP contribution in [0.3, 0.4) is 0 Å². The van der Waals surface area contributed by atoms with Crippen LogP contribution in [-0.4, -0.2) is 40.0 Å². The minimum Gasteiger partial charge on any atom is -0.497 e. The molecule has 1 aliphatic rings. The highest BCUT2D eigenvalue weighted by atomic mass is 16.5. The molecule has 1 aliphatic heterocycles. The third-order valence-electron chi connectivity index (χ3n) is 3.18. The van der Waals surface area contributed by atoms with Gasteiger partial charge in [0.2, 0.25) is 0 Å². The fourth-order valence-corrected chi connectivity index (χ4v) is 2.13. The molecular weight excluding hydrogens is 232 g/mol. The maximum Gasteiger partial charge on any atom is 0.123 e. The van der Waals surface area contributed by atoms with Crippen LogP contribution in [0.25, 0.3) is 0 Å². The van der Waals surface area contributed by atoms with Gasteiger partial charge in [-0.1, -0.05) is 0 Å². The molecule has 1 saturated heterocycles. The Hall–Kier alpha value is -1.30. The average molecular weight is 252 g/mol. The molecule has 0 aliphatic carbocycles. The first-order valence-electron chi connectivity index (χ1n) is 6.05. The number of nitrogens with one attached hydrogen (secondary N) is 1. The summed E-state index contributed by atoms with van der Waals surface area (Å²) in [6, 6.07) is 5.56. The SMILES string of the molecule is COc1ccc(OC)c(C(N)C2COCCN2)c1. The smallest absolute Gasteiger partial charge is 0.123 e. The third-order valence-corrected chi connectivity index (χ3v) is 3.18. The zero-order valence-corrected chi connectivity index (χ0v) is 10.8. The zero-order chi connectivity index (χ0) is 13.0. The topological polar surface area (TPSA) is 65.7 Å². The first-order valence-corrected chi connectivity index (χ1v) is 6.05. The molecule has 0 aromatic heterocycles. The summed E-state index contributed by atoms with van der Waals surface area (Å²) in [7, 11) is 3.28. The number of rotatable bonds is 4. The van der Waals surface area contributed by atoms with Gasteiger partial charge in [0, 0.05) is 18.2 Å². The number of methoxy groups -OCH3 is 2. The Morgan fingerprint density at radius 1 is 1.39 bits per heavy atom. The Bertz CT molecular complexity index is 392. The molecule has 1 heterocycles. The lowest BCUT2D eigenvalue weighted by Gasteiger charge is -2.30. The van der Waals surface area contributed by atoms with E-state index in [2.05, 4.69) is 5.32 Å². The minimum absolute atomic E-state index is 0.0970. The number of hydrogen-bond acceptors (Lipinski definition) is 5. The van der Waals surface area contributed by atoms with Crippen LogP contribution in [0.1, 0.15) is 11.6 Å². The summed E-state index contributed by atoms with van der Waals surface area (Å²) < 4.78 is 16.0. The molecule has 3 N–H and O–H groups in total. The molecule has 100 valence electrons. The van der Waals surface area contributed by atoms with Gasteiger partial charge < -0.3 is 25.3 Å². The first kappa shape index (κ1) is 13.1. The van der Waals surface area contributed by atoms with E-state index < -0.39 is 0 Å². The minimum atomic E-state index is -0.185. The summed E-state index contributed by atoms with van der Waals surface area (Å²) in [5.41, 5.74) is 7.22. The molecular formula is C13H20N2O3. The Kier molecular flexibility index (Phi) is 4.41. The molecule has 1 aromatic carbocycles. The van der Waals surface area contributed by atoms with Gasteiger partial charge in [0.1, 0.15) is 11.5 Å². The van der Waals surface area contributed by atoms with Crippen LogP contribution in [0, 0.1) is 0 Å². The molecule has 0 saturated carbocycles. The second-order valence-electron chi connectivity index (χ2n) is 4.27. The van der Waals surface area contributed by atoms with E-state index in [0.29, 0.717) is 6.61 Å². The largest absolute Gasteiger partial charge is 0.497 e. The molecule has 1 aromatic rings. The third kappa shape index (κ3) is 2.75. The van der Waals surface area contributed by atoms with Crippen LogP contribution in [0.15, 0.2) is 18.2 Å². The van der Waals surface area contributed by atoms with E-state index in [4.69, 9.17) is 19.9 Å². The maximum atomic E-state index is 6.29. The van der Waals surface area contributed by atoms with Crippen LogP contribution < -0.4 is 20.5 Å². The van der Waals surface area contributed by atoms with Gasteiger partial charge in [-0.2, -0.15) is 0 Å². The second-order valence-corrected chi connectivity index (χ2v) is 4.27. The summed E-state index contributed by atoms with van der Waals surface area (Å²) in [4.78, 5) is 0. The van der Waals surface area contributed by atoms with Crippen molar-refractivity contribution in [2.24, 2.45) is 5.73 Å². The normalized spacial score (nSPS) is 21.4. The predicted octanol–water partition coefficient (Wildman–Crippen LogP) is 0.692. The Morgan fingerprint density at radius 3 is 2.83 bits per heavy atom. The van der Waals surface area contributed by atoms with Crippen molar-refractivity contribution in [1.29, 1.82) is 0 Å². The van der Waals surface area contributed by atoms with E-state index in [1.54, 1.807) is 14.2 Å². The predicted molar refractivity (Wildman–Crippen MR) is 69.1 cm³/mol. The van der Waals surface area contributed by atoms with Crippen LogP contribution in [0.2, 0.25) is 0 Å². The quantitative estimate of drug-likeness (QED) is 0.825. The van der Waals surface area contributed by atoms with E-state index >= 15 is 0 Å². The van der Waals surface area contributed by atoms with E-state index in [9.17, 15) is 0 Å². The lowest BCUT2D eigenvalue weighted by Crippen LogP contribution is -2.47. The molecule has 5 heteroatoms. The molecule has 0 bridgehead atoms. The van der Waals surface area contributed by atoms with Gasteiger partial charge in [0.05, 0.1) is 33.5 Å². The Morgan fingerprint density at radius 2 is 2.22 bits per heavy atom. The van der Waals surface area contributed by atoms with Gasteiger partial charge >= 0.3 is 0 Å². The van der Waals surface area contributed by atoms with Gasteiger partial charge in [-0.15, -0.1) is 0 Å². The van der Waals surface area contributed by atoms with Crippen molar-refractivity contribution in [2.45, 2.75) is 12.1 Å². The molecule has 5 nitrogen and oxygen atoms in total. The standard InChI is InChI=1S/C13H20N2O3/c1-16-9-3-4-12(17-2)10(7-9)13(14)11-8-18-6-5-15-11/h3-4,7,11,13,15H,5-6,8,14H2,1-2H3. The van der Waals surface area contributed by atoms with Crippen molar-refractivity contribution in [1.82, 2.24) is 5.32 Å². The lowest BCUT2D eigenvalue weighted by molar-refractivity contribution is 0.0682. The number of morpholine rings is 1. The molecule has 2 rings (SSSR count). The van der Waals surface area contributed by atoms with Gasteiger partial charge in [-0.25, -0.2) is 0 Å². The van der Waals surface area contributed by atoms with Gasteiger partial charge in [-0.05, 0) is 18.2 Å². The highest BCUT2D eigenvalue weighted by Gasteiger charge is 2.24. The zero-order valence-electron chi connectivity index (χ0n) is 10.8. The molecule has 18 heavy (non-hydrogen) atoms. The number of ether oxygens (including phenoxy) is 3. The summed E-state index contributed by atoms with van der Waals surface area (Å²) in [5, 5.41) is 3.36. The summed E-state index contributed by atoms with van der Waals surface area (Å²) in [6.07, 6.45) is 0. The number of benzene rings is 1. The second kappa shape index (κ2) is 6.04. The van der Waals surface area contributed by atoms with E-state index in [0.717, 1.165) is 30.2 Å². The van der Waals surface area contributed by atoms with Crippen molar-refractivity contribution >= 4 is 0 Å². The van der Waals surface area contributed by atoms with Crippen LogP contribution in [0.5, 0.6) is 11.5 Å². The highest BCUT2D eigenvalue weighted by Crippen LogP contribution is 2.30. The summed E-state index contributed by atoms with van der Waals surface area (Å²) in [6.45, 7) is 2.17. The van der Waals surface area contributed by atoms with Gasteiger partial charge in [-0.3, -0.25) is 0 Å². The molecule has 2 unspecified atom stereocenters. The fraction of sp³-hybridized carbons (Fsp3) is 0.538. The molecule has 2 atom stereocenters. The van der Waals surface area contributed by atoms with Crippen LogP contribution >= 0.6 is 0 Å². The molecule has 1 fully saturated rings. The summed E-state index contributed by atoms with van der Waals surface area (Å²) >= 11 is 0. The maximum absolute atomic E-state index is 6.29. The van der Waals surface area contributed by atoms with Crippen LogP contribution in [0.4, 0.5) is 0 Å². The average Bonchev–Trinajstić information content (AvgIpc) is 2.46. The Labute approximate surface area is 107 Å². The lowest BCUT2D eigenvalue weighted by atomic mass is 9.98. The van der Waals surface area contributed by atoms with E-state index in [1.165, 1.54) is 0 Å². The van der Waals surface area contributed by atoms with Crippen molar-refractivity contribution in [3.05, 3.63) is 23.8 Å². The van der Waals surface area contributed by atoms with E-state index in [1.807, 2.05) is 18.2 Å². The monoisotopic (exact) mass is 252 g/mol. The van der Waals surface area contributed by atoms with Crippen molar-refractivity contribution in [3.63, 3.8) is 0 Å². The molecule has 0 amide bonds. The number of hydrogen-bond donors (Lipinski definition) is 2. The van der Waals surface area contributed by atoms with Gasteiger partial charge in [0.25, 0.3) is 0 Å². The van der Waals surface area contributed by atoms with Crippen molar-refractivity contribution in [2.75, 3.05) is 34.0 Å². The number of nitrogens with two attached hydrogens (primary N) is 1. The molecule has 0 spiro atoms. The van der Waals surface area contributed by atoms with Gasteiger partial charge in [0.15, 0.2) is 0 Å². The van der Waals surface area contributed by atoms with Crippen molar-refractivity contribution < 1.29 is 14.2 Å². The fourth-order valence-electron chi connectivity index (χ4n) is 2.13. The molecule has 0 radical (unpaired) electrons.